The molecule has 0 bridgehead atoms. The first-order chi connectivity index (χ1) is 9.78. The van der Waals surface area contributed by atoms with Crippen molar-refractivity contribution in [3.05, 3.63) is 35.4 Å². The van der Waals surface area contributed by atoms with Crippen LogP contribution in [0.2, 0.25) is 0 Å². The standard InChI is InChI=1S/C15H20F3NO2/c1-3-14(4-2,10-20)9-19-13(21)11-6-5-7-12(8-11)15(16,17)18/h5-8,20H,3-4,9-10H2,1-2H3,(H,19,21). The molecule has 0 atom stereocenters. The number of aliphatic hydroxyl groups is 1. The fourth-order valence-corrected chi connectivity index (χ4v) is 1.99. The molecule has 21 heavy (non-hydrogen) atoms. The number of halogens is 3. The first kappa shape index (κ1) is 17.5. The van der Waals surface area contributed by atoms with Gasteiger partial charge in [0.2, 0.25) is 0 Å². The van der Waals surface area contributed by atoms with Crippen molar-refractivity contribution in [3.8, 4) is 0 Å². The summed E-state index contributed by atoms with van der Waals surface area (Å²) in [7, 11) is 0. The second-order valence-electron chi connectivity index (χ2n) is 5.13. The van der Waals surface area contributed by atoms with Crippen molar-refractivity contribution in [2.45, 2.75) is 32.9 Å². The van der Waals surface area contributed by atoms with Gasteiger partial charge in [-0.3, -0.25) is 4.79 Å². The maximum atomic E-state index is 12.6. The molecule has 0 saturated carbocycles. The van der Waals surface area contributed by atoms with Crippen molar-refractivity contribution in [1.29, 1.82) is 0 Å². The lowest BCUT2D eigenvalue weighted by atomic mass is 9.83. The molecule has 0 saturated heterocycles. The van der Waals surface area contributed by atoms with E-state index in [1.54, 1.807) is 0 Å². The van der Waals surface area contributed by atoms with Crippen LogP contribution in [0.3, 0.4) is 0 Å². The summed E-state index contributed by atoms with van der Waals surface area (Å²) < 4.78 is 37.8. The van der Waals surface area contributed by atoms with Crippen LogP contribution in [0.25, 0.3) is 0 Å². The highest BCUT2D eigenvalue weighted by Crippen LogP contribution is 2.29. The molecule has 2 N–H and O–H groups in total. The molecule has 0 unspecified atom stereocenters. The number of alkyl halides is 3. The van der Waals surface area contributed by atoms with Gasteiger partial charge in [0.1, 0.15) is 0 Å². The van der Waals surface area contributed by atoms with Crippen LogP contribution in [-0.2, 0) is 6.18 Å². The molecule has 0 fully saturated rings. The lowest BCUT2D eigenvalue weighted by Crippen LogP contribution is -2.39. The highest BCUT2D eigenvalue weighted by atomic mass is 19.4. The van der Waals surface area contributed by atoms with Crippen LogP contribution in [0.1, 0.15) is 42.6 Å². The van der Waals surface area contributed by atoms with Gasteiger partial charge in [0, 0.05) is 17.5 Å². The molecular weight excluding hydrogens is 283 g/mol. The molecule has 0 aliphatic carbocycles. The van der Waals surface area contributed by atoms with E-state index in [0.717, 1.165) is 12.1 Å². The van der Waals surface area contributed by atoms with Gasteiger partial charge in [-0.25, -0.2) is 0 Å². The molecule has 1 amide bonds. The van der Waals surface area contributed by atoms with Gasteiger partial charge in [0.15, 0.2) is 0 Å². The molecule has 118 valence electrons. The zero-order chi connectivity index (χ0) is 16.1. The summed E-state index contributed by atoms with van der Waals surface area (Å²) in [5, 5.41) is 12.0. The summed E-state index contributed by atoms with van der Waals surface area (Å²) in [6, 6.07) is 4.29. The third-order valence-electron chi connectivity index (χ3n) is 3.91. The van der Waals surface area contributed by atoms with Crippen molar-refractivity contribution < 1.29 is 23.1 Å². The van der Waals surface area contributed by atoms with E-state index < -0.39 is 23.1 Å². The number of nitrogens with one attached hydrogen (secondary N) is 1. The Morgan fingerprint density at radius 1 is 1.24 bits per heavy atom. The third kappa shape index (κ3) is 4.46. The number of hydrogen-bond acceptors (Lipinski definition) is 2. The van der Waals surface area contributed by atoms with Crippen molar-refractivity contribution in [1.82, 2.24) is 5.32 Å². The maximum Gasteiger partial charge on any atom is 0.416 e. The number of rotatable bonds is 6. The second kappa shape index (κ2) is 6.93. The van der Waals surface area contributed by atoms with Gasteiger partial charge in [-0.05, 0) is 31.0 Å². The molecule has 0 heterocycles. The minimum Gasteiger partial charge on any atom is -0.396 e. The van der Waals surface area contributed by atoms with Gasteiger partial charge in [0.05, 0.1) is 12.2 Å². The highest BCUT2D eigenvalue weighted by molar-refractivity contribution is 5.94. The second-order valence-corrected chi connectivity index (χ2v) is 5.13. The Morgan fingerprint density at radius 2 is 1.86 bits per heavy atom. The average molecular weight is 303 g/mol. The number of carbonyl (C=O) groups excluding carboxylic acids is 1. The molecule has 1 rings (SSSR count). The molecule has 0 aliphatic heterocycles. The summed E-state index contributed by atoms with van der Waals surface area (Å²) in [5.41, 5.74) is -1.32. The van der Waals surface area contributed by atoms with Crippen LogP contribution in [0.4, 0.5) is 13.2 Å². The van der Waals surface area contributed by atoms with Gasteiger partial charge >= 0.3 is 6.18 Å². The van der Waals surface area contributed by atoms with Crippen molar-refractivity contribution in [3.63, 3.8) is 0 Å². The summed E-state index contributed by atoms with van der Waals surface area (Å²) in [4.78, 5) is 12.0. The number of benzene rings is 1. The predicted octanol–water partition coefficient (Wildman–Crippen LogP) is 3.23. The molecule has 0 aromatic heterocycles. The van der Waals surface area contributed by atoms with Gasteiger partial charge in [-0.15, -0.1) is 0 Å². The normalized spacial score (nSPS) is 12.3. The largest absolute Gasteiger partial charge is 0.416 e. The molecule has 0 radical (unpaired) electrons. The van der Waals surface area contributed by atoms with E-state index in [2.05, 4.69) is 5.32 Å². The van der Waals surface area contributed by atoms with Crippen LogP contribution in [0.5, 0.6) is 0 Å². The monoisotopic (exact) mass is 303 g/mol. The average Bonchev–Trinajstić information content (AvgIpc) is 2.48. The first-order valence-corrected chi connectivity index (χ1v) is 6.84. The van der Waals surface area contributed by atoms with Crippen molar-refractivity contribution >= 4 is 5.91 Å². The fourth-order valence-electron chi connectivity index (χ4n) is 1.99. The maximum absolute atomic E-state index is 12.6. The van der Waals surface area contributed by atoms with Crippen LogP contribution in [0.15, 0.2) is 24.3 Å². The Bertz CT molecular complexity index is 474. The Kier molecular flexibility index (Phi) is 5.78. The Balaban J connectivity index is 2.81. The van der Waals surface area contributed by atoms with Crippen LogP contribution < -0.4 is 5.32 Å². The molecule has 1 aromatic rings. The van der Waals surface area contributed by atoms with E-state index in [1.165, 1.54) is 12.1 Å². The minimum absolute atomic E-state index is 0.0381. The van der Waals surface area contributed by atoms with Gasteiger partial charge in [-0.1, -0.05) is 19.9 Å². The summed E-state index contributed by atoms with van der Waals surface area (Å²) >= 11 is 0. The Morgan fingerprint density at radius 3 is 2.33 bits per heavy atom. The Hall–Kier alpha value is -1.56. The van der Waals surface area contributed by atoms with Crippen LogP contribution >= 0.6 is 0 Å². The number of aliphatic hydroxyl groups excluding tert-OH is 1. The topological polar surface area (TPSA) is 49.3 Å². The SMILES string of the molecule is CCC(CC)(CO)CNC(=O)c1cccc(C(F)(F)F)c1. The molecular formula is C15H20F3NO2. The van der Waals surface area contributed by atoms with Gasteiger partial charge < -0.3 is 10.4 Å². The molecule has 0 spiro atoms. The Labute approximate surface area is 122 Å². The smallest absolute Gasteiger partial charge is 0.396 e. The minimum atomic E-state index is -4.47. The molecule has 1 aromatic carbocycles. The van der Waals surface area contributed by atoms with Crippen LogP contribution in [-0.4, -0.2) is 24.2 Å². The van der Waals surface area contributed by atoms with Crippen LogP contribution in [0, 0.1) is 5.41 Å². The molecule has 0 aliphatic rings. The summed E-state index contributed by atoms with van der Waals surface area (Å²) in [5.74, 6) is -0.569. The van der Waals surface area contributed by atoms with Gasteiger partial charge in [0.25, 0.3) is 5.91 Å². The van der Waals surface area contributed by atoms with E-state index in [0.29, 0.717) is 12.8 Å². The number of hydrogen-bond donors (Lipinski definition) is 2. The summed E-state index contributed by atoms with van der Waals surface area (Å²) in [6.07, 6.45) is -3.14. The predicted molar refractivity (Wildman–Crippen MR) is 73.9 cm³/mol. The lowest BCUT2D eigenvalue weighted by molar-refractivity contribution is -0.137. The van der Waals surface area contributed by atoms with E-state index in [9.17, 15) is 23.1 Å². The highest BCUT2D eigenvalue weighted by Gasteiger charge is 2.31. The summed E-state index contributed by atoms with van der Waals surface area (Å²) in [6.45, 7) is 3.95. The number of carbonyl (C=O) groups is 1. The zero-order valence-corrected chi connectivity index (χ0v) is 12.1. The van der Waals surface area contributed by atoms with E-state index in [1.807, 2.05) is 13.8 Å². The third-order valence-corrected chi connectivity index (χ3v) is 3.91. The molecule has 3 nitrogen and oxygen atoms in total. The lowest BCUT2D eigenvalue weighted by Gasteiger charge is -2.29. The van der Waals surface area contributed by atoms with E-state index in [4.69, 9.17) is 0 Å². The first-order valence-electron chi connectivity index (χ1n) is 6.84. The van der Waals surface area contributed by atoms with Crippen molar-refractivity contribution in [2.75, 3.05) is 13.2 Å². The molecule has 6 heteroatoms. The van der Waals surface area contributed by atoms with Gasteiger partial charge in [-0.2, -0.15) is 13.2 Å². The quantitative estimate of drug-likeness (QED) is 0.847. The number of amides is 1. The van der Waals surface area contributed by atoms with Crippen molar-refractivity contribution in [2.24, 2.45) is 5.41 Å². The van der Waals surface area contributed by atoms with E-state index >= 15 is 0 Å². The fraction of sp³-hybridized carbons (Fsp3) is 0.533. The van der Waals surface area contributed by atoms with E-state index in [-0.39, 0.29) is 18.7 Å². The zero-order valence-electron chi connectivity index (χ0n) is 12.1.